The molecular formula is C16H19Cl2NO5. The highest BCUT2D eigenvalue weighted by Gasteiger charge is 2.46. The average Bonchev–Trinajstić information content (AvgIpc) is 2.57. The molecule has 1 aromatic carbocycles. The molecule has 0 bridgehead atoms. The molecule has 0 saturated carbocycles. The summed E-state index contributed by atoms with van der Waals surface area (Å²) in [7, 11) is 2.83. The van der Waals surface area contributed by atoms with E-state index in [0.29, 0.717) is 41.5 Å². The Hall–Kier alpha value is -1.34. The van der Waals surface area contributed by atoms with Gasteiger partial charge in [0.25, 0.3) is 0 Å². The maximum absolute atomic E-state index is 12.3. The summed E-state index contributed by atoms with van der Waals surface area (Å²) in [6, 6.07) is 4.85. The van der Waals surface area contributed by atoms with Crippen molar-refractivity contribution in [2.75, 3.05) is 27.3 Å². The van der Waals surface area contributed by atoms with E-state index in [4.69, 9.17) is 37.5 Å². The van der Waals surface area contributed by atoms with Gasteiger partial charge in [0.2, 0.25) is 5.60 Å². The third kappa shape index (κ3) is 4.39. The van der Waals surface area contributed by atoms with E-state index in [2.05, 4.69) is 0 Å². The fourth-order valence-electron chi connectivity index (χ4n) is 2.64. The Balaban J connectivity index is 2.09. The van der Waals surface area contributed by atoms with Crippen LogP contribution in [0.25, 0.3) is 0 Å². The molecule has 0 unspecified atom stereocenters. The largest absolute Gasteiger partial charge is 0.466 e. The summed E-state index contributed by atoms with van der Waals surface area (Å²) in [6.07, 6.45) is 0.546. The van der Waals surface area contributed by atoms with E-state index in [1.165, 1.54) is 7.11 Å². The van der Waals surface area contributed by atoms with Crippen LogP contribution >= 0.6 is 23.2 Å². The Kier molecular flexibility index (Phi) is 6.46. The Labute approximate surface area is 150 Å². The lowest BCUT2D eigenvalue weighted by Crippen LogP contribution is -2.52. The topological polar surface area (TPSA) is 65.1 Å². The Morgan fingerprint density at radius 1 is 1.21 bits per heavy atom. The Bertz CT molecular complexity index is 614. The average molecular weight is 376 g/mol. The summed E-state index contributed by atoms with van der Waals surface area (Å²) in [5, 5.41) is 2.56. The van der Waals surface area contributed by atoms with E-state index in [-0.39, 0.29) is 6.42 Å². The number of ether oxygens (including phenoxy) is 2. The minimum absolute atomic E-state index is 0.0528. The van der Waals surface area contributed by atoms with Crippen molar-refractivity contribution in [3.63, 3.8) is 0 Å². The third-order valence-electron chi connectivity index (χ3n) is 4.00. The zero-order chi connectivity index (χ0) is 17.7. The number of carbonyl (C=O) groups excluding carboxylic acids is 2. The number of carbonyl (C=O) groups is 2. The highest BCUT2D eigenvalue weighted by atomic mass is 35.5. The number of nitrogens with zero attached hydrogens (tertiary/aromatic N) is 1. The van der Waals surface area contributed by atoms with Crippen LogP contribution in [0.15, 0.2) is 18.2 Å². The van der Waals surface area contributed by atoms with Crippen LogP contribution < -0.4 is 0 Å². The van der Waals surface area contributed by atoms with E-state index >= 15 is 0 Å². The van der Waals surface area contributed by atoms with Crippen molar-refractivity contribution in [3.8, 4) is 0 Å². The van der Waals surface area contributed by atoms with E-state index in [9.17, 15) is 9.59 Å². The van der Waals surface area contributed by atoms with E-state index in [1.807, 2.05) is 0 Å². The summed E-state index contributed by atoms with van der Waals surface area (Å²) in [5.41, 5.74) is -0.708. The van der Waals surface area contributed by atoms with Crippen LogP contribution in [0.4, 0.5) is 0 Å². The van der Waals surface area contributed by atoms with Crippen molar-refractivity contribution in [2.24, 2.45) is 0 Å². The molecule has 0 amide bonds. The highest BCUT2D eigenvalue weighted by Crippen LogP contribution is 2.29. The van der Waals surface area contributed by atoms with Crippen LogP contribution in [0, 0.1) is 0 Å². The second-order valence-electron chi connectivity index (χ2n) is 5.48. The maximum atomic E-state index is 12.3. The minimum atomic E-state index is -1.29. The van der Waals surface area contributed by atoms with Gasteiger partial charge in [0, 0.05) is 36.0 Å². The quantitative estimate of drug-likeness (QED) is 0.737. The van der Waals surface area contributed by atoms with Crippen LogP contribution in [-0.2, 0) is 30.3 Å². The first-order valence-electron chi connectivity index (χ1n) is 7.43. The molecule has 0 aliphatic carbocycles. The lowest BCUT2D eigenvalue weighted by molar-refractivity contribution is -0.205. The second-order valence-corrected chi connectivity index (χ2v) is 6.33. The lowest BCUT2D eigenvalue weighted by atomic mass is 9.92. The van der Waals surface area contributed by atoms with E-state index in [1.54, 1.807) is 30.4 Å². The molecular weight excluding hydrogens is 357 g/mol. The predicted molar refractivity (Wildman–Crippen MR) is 88.8 cm³/mol. The summed E-state index contributed by atoms with van der Waals surface area (Å²) >= 11 is 11.9. The molecule has 2 rings (SSSR count). The van der Waals surface area contributed by atoms with Crippen molar-refractivity contribution < 1.29 is 23.9 Å². The monoisotopic (exact) mass is 375 g/mol. The molecule has 6 nitrogen and oxygen atoms in total. The summed E-state index contributed by atoms with van der Waals surface area (Å²) in [4.78, 5) is 29.6. The Morgan fingerprint density at radius 2 is 1.88 bits per heavy atom. The number of halogens is 2. The molecule has 0 atom stereocenters. The molecule has 1 aliphatic heterocycles. The molecule has 0 radical (unpaired) electrons. The van der Waals surface area contributed by atoms with Crippen molar-refractivity contribution in [1.29, 1.82) is 0 Å². The molecule has 1 aliphatic rings. The first-order chi connectivity index (χ1) is 11.4. The van der Waals surface area contributed by atoms with Gasteiger partial charge in [0.1, 0.15) is 0 Å². The van der Waals surface area contributed by atoms with Gasteiger partial charge in [-0.3, -0.25) is 4.79 Å². The van der Waals surface area contributed by atoms with Gasteiger partial charge >= 0.3 is 11.9 Å². The number of hydrogen-bond acceptors (Lipinski definition) is 6. The van der Waals surface area contributed by atoms with Crippen LogP contribution in [0.3, 0.4) is 0 Å². The zero-order valence-corrected chi connectivity index (χ0v) is 15.0. The van der Waals surface area contributed by atoms with Crippen molar-refractivity contribution in [1.82, 2.24) is 5.06 Å². The molecule has 1 heterocycles. The summed E-state index contributed by atoms with van der Waals surface area (Å²) in [5.74, 6) is -1.11. The van der Waals surface area contributed by atoms with Gasteiger partial charge in [0.05, 0.1) is 20.6 Å². The first kappa shape index (κ1) is 19.0. The molecule has 1 aromatic rings. The van der Waals surface area contributed by atoms with Gasteiger partial charge in [0.15, 0.2) is 0 Å². The fourth-order valence-corrected chi connectivity index (χ4v) is 3.11. The standard InChI is InChI=1S/C16H19Cl2NO5/c1-22-15(21)16(5-7-19(23-2)8-6-16)24-14(20)9-11-3-4-12(17)10-13(11)18/h3-4,10H,5-9H2,1-2H3. The molecule has 0 N–H and O–H groups in total. The van der Waals surface area contributed by atoms with Crippen molar-refractivity contribution in [3.05, 3.63) is 33.8 Å². The highest BCUT2D eigenvalue weighted by molar-refractivity contribution is 6.35. The molecule has 132 valence electrons. The normalized spacial score (nSPS) is 17.3. The van der Waals surface area contributed by atoms with Gasteiger partial charge in [-0.25, -0.2) is 4.79 Å². The number of esters is 2. The summed E-state index contributed by atoms with van der Waals surface area (Å²) < 4.78 is 10.4. The van der Waals surface area contributed by atoms with Gasteiger partial charge in [-0.1, -0.05) is 29.3 Å². The van der Waals surface area contributed by atoms with Crippen molar-refractivity contribution >= 4 is 35.1 Å². The van der Waals surface area contributed by atoms with Gasteiger partial charge in [-0.15, -0.1) is 0 Å². The molecule has 8 heteroatoms. The molecule has 1 saturated heterocycles. The molecule has 0 spiro atoms. The van der Waals surface area contributed by atoms with Crippen LogP contribution in [-0.4, -0.2) is 49.9 Å². The number of rotatable bonds is 5. The van der Waals surface area contributed by atoms with Crippen molar-refractivity contribution in [2.45, 2.75) is 24.9 Å². The van der Waals surface area contributed by atoms with Gasteiger partial charge < -0.3 is 14.3 Å². The Morgan fingerprint density at radius 3 is 2.42 bits per heavy atom. The maximum Gasteiger partial charge on any atom is 0.350 e. The van der Waals surface area contributed by atoms with Gasteiger partial charge in [-0.2, -0.15) is 5.06 Å². The number of piperidine rings is 1. The summed E-state index contributed by atoms with van der Waals surface area (Å²) in [6.45, 7) is 0.918. The lowest BCUT2D eigenvalue weighted by Gasteiger charge is -2.37. The number of hydroxylamine groups is 2. The van der Waals surface area contributed by atoms with Crippen LogP contribution in [0.2, 0.25) is 10.0 Å². The third-order valence-corrected chi connectivity index (χ3v) is 4.59. The van der Waals surface area contributed by atoms with Gasteiger partial charge in [-0.05, 0) is 17.7 Å². The predicted octanol–water partition coefficient (Wildman–Crippen LogP) is 2.65. The molecule has 24 heavy (non-hydrogen) atoms. The molecule has 1 fully saturated rings. The minimum Gasteiger partial charge on any atom is -0.466 e. The second kappa shape index (κ2) is 8.16. The smallest absolute Gasteiger partial charge is 0.350 e. The number of methoxy groups -OCH3 is 1. The van der Waals surface area contributed by atoms with Crippen LogP contribution in [0.1, 0.15) is 18.4 Å². The number of hydrogen-bond donors (Lipinski definition) is 0. The number of benzene rings is 1. The fraction of sp³-hybridized carbons (Fsp3) is 0.500. The molecule has 0 aromatic heterocycles. The SMILES string of the molecule is COC(=O)C1(OC(=O)Cc2ccc(Cl)cc2Cl)CCN(OC)CC1. The van der Waals surface area contributed by atoms with E-state index < -0.39 is 17.5 Å². The van der Waals surface area contributed by atoms with E-state index in [0.717, 1.165) is 0 Å². The van der Waals surface area contributed by atoms with Crippen LogP contribution in [0.5, 0.6) is 0 Å². The first-order valence-corrected chi connectivity index (χ1v) is 8.19. The zero-order valence-electron chi connectivity index (χ0n) is 13.5.